The lowest BCUT2D eigenvalue weighted by molar-refractivity contribution is -0.140. The maximum atomic E-state index is 13.1. The number of carbonyl (C=O) groups is 2. The highest BCUT2D eigenvalue weighted by molar-refractivity contribution is 7.99. The Morgan fingerprint density at radius 2 is 1.74 bits per heavy atom. The fourth-order valence-corrected chi connectivity index (χ4v) is 4.32. The molecule has 2 amide bonds. The highest BCUT2D eigenvalue weighted by Gasteiger charge is 2.26. The molecule has 168 valence electrons. The van der Waals surface area contributed by atoms with Crippen LogP contribution in [0.4, 0.5) is 0 Å². The molecule has 0 aliphatic heterocycles. The molecule has 31 heavy (non-hydrogen) atoms. The second-order valence-electron chi connectivity index (χ2n) is 7.13. The maximum Gasteiger partial charge on any atom is 0.242 e. The van der Waals surface area contributed by atoms with Crippen molar-refractivity contribution >= 4 is 58.4 Å². The molecule has 0 spiro atoms. The number of nitrogens with zero attached hydrogens (tertiary/aromatic N) is 1. The second-order valence-corrected chi connectivity index (χ2v) is 9.58. The van der Waals surface area contributed by atoms with Crippen LogP contribution in [0.2, 0.25) is 15.1 Å². The summed E-state index contributed by atoms with van der Waals surface area (Å²) in [5, 5.41) is 4.58. The number of thioether (sulfide) groups is 1. The topological polar surface area (TPSA) is 49.4 Å². The van der Waals surface area contributed by atoms with Gasteiger partial charge in [-0.1, -0.05) is 54.2 Å². The molecular weight excluding hydrogens is 475 g/mol. The minimum absolute atomic E-state index is 0.106. The van der Waals surface area contributed by atoms with Crippen LogP contribution in [0.15, 0.2) is 47.4 Å². The van der Waals surface area contributed by atoms with E-state index in [0.29, 0.717) is 33.8 Å². The highest BCUT2D eigenvalue weighted by Crippen LogP contribution is 2.25. The minimum atomic E-state index is -0.614. The van der Waals surface area contributed by atoms with Gasteiger partial charge < -0.3 is 10.2 Å². The lowest BCUT2D eigenvalue weighted by Gasteiger charge is -2.29. The van der Waals surface area contributed by atoms with Gasteiger partial charge in [-0.05, 0) is 55.3 Å². The molecule has 0 aromatic heterocycles. The maximum absolute atomic E-state index is 13.1. The number of unbranched alkanes of at least 4 members (excludes halogenated alkanes) is 1. The van der Waals surface area contributed by atoms with Gasteiger partial charge in [0.1, 0.15) is 6.04 Å². The molecule has 0 saturated carbocycles. The Bertz CT molecular complexity index is 878. The number of carbonyl (C=O) groups excluding carboxylic acids is 2. The summed E-state index contributed by atoms with van der Waals surface area (Å²) in [5.74, 6) is 0.318. The summed E-state index contributed by atoms with van der Waals surface area (Å²) >= 11 is 19.8. The van der Waals surface area contributed by atoms with Crippen LogP contribution >= 0.6 is 46.6 Å². The lowest BCUT2D eigenvalue weighted by Crippen LogP contribution is -2.47. The van der Waals surface area contributed by atoms with Crippen LogP contribution in [0.3, 0.4) is 0 Å². The van der Waals surface area contributed by atoms with Crippen molar-refractivity contribution in [3.63, 3.8) is 0 Å². The molecule has 0 heterocycles. The zero-order valence-corrected chi connectivity index (χ0v) is 20.8. The third kappa shape index (κ3) is 8.57. The zero-order chi connectivity index (χ0) is 22.8. The number of benzene rings is 2. The molecule has 0 fully saturated rings. The molecule has 0 saturated heterocycles. The van der Waals surface area contributed by atoms with Gasteiger partial charge in [0.05, 0.1) is 0 Å². The number of rotatable bonds is 11. The van der Waals surface area contributed by atoms with Gasteiger partial charge in [-0.25, -0.2) is 0 Å². The van der Waals surface area contributed by atoms with E-state index in [0.717, 1.165) is 23.3 Å². The van der Waals surface area contributed by atoms with E-state index in [-0.39, 0.29) is 18.4 Å². The standard InChI is InChI=1S/C23H27Cl3N2O2S/c1-3-4-12-27-23(30)16(2)28(15-17-5-6-19(25)14-21(17)26)22(29)11-13-31-20-9-7-18(24)8-10-20/h5-10,14,16H,3-4,11-13,15H2,1-2H3,(H,27,30)/t16-/m1/s1. The predicted octanol–water partition coefficient (Wildman–Crippen LogP) is 6.46. The molecule has 0 bridgehead atoms. The first kappa shape index (κ1) is 25.9. The van der Waals surface area contributed by atoms with Gasteiger partial charge in [0.15, 0.2) is 0 Å². The molecule has 1 atom stereocenters. The van der Waals surface area contributed by atoms with Crippen molar-refractivity contribution in [2.45, 2.75) is 50.6 Å². The molecule has 0 unspecified atom stereocenters. The molecule has 2 aromatic rings. The second kappa shape index (κ2) is 13.2. The van der Waals surface area contributed by atoms with Gasteiger partial charge in [0.25, 0.3) is 0 Å². The van der Waals surface area contributed by atoms with Crippen LogP contribution in [0.1, 0.15) is 38.7 Å². The molecule has 8 heteroatoms. The minimum Gasteiger partial charge on any atom is -0.354 e. The summed E-state index contributed by atoms with van der Waals surface area (Å²) in [6.07, 6.45) is 2.18. The number of halogens is 3. The smallest absolute Gasteiger partial charge is 0.242 e. The van der Waals surface area contributed by atoms with Crippen molar-refractivity contribution in [3.8, 4) is 0 Å². The summed E-state index contributed by atoms with van der Waals surface area (Å²) in [6, 6.07) is 12.0. The van der Waals surface area contributed by atoms with Crippen LogP contribution < -0.4 is 5.32 Å². The number of hydrogen-bond acceptors (Lipinski definition) is 3. The van der Waals surface area contributed by atoms with Gasteiger partial charge in [-0.3, -0.25) is 9.59 Å². The van der Waals surface area contributed by atoms with Crippen molar-refractivity contribution in [2.75, 3.05) is 12.3 Å². The molecular formula is C23H27Cl3N2O2S. The highest BCUT2D eigenvalue weighted by atomic mass is 35.5. The SMILES string of the molecule is CCCCNC(=O)[C@@H](C)N(Cc1ccc(Cl)cc1Cl)C(=O)CCSc1ccc(Cl)cc1. The predicted molar refractivity (Wildman–Crippen MR) is 131 cm³/mol. The van der Waals surface area contributed by atoms with Gasteiger partial charge in [-0.15, -0.1) is 11.8 Å². The van der Waals surface area contributed by atoms with Crippen LogP contribution in [0, 0.1) is 0 Å². The first-order chi connectivity index (χ1) is 14.8. The largest absolute Gasteiger partial charge is 0.354 e. The summed E-state index contributed by atoms with van der Waals surface area (Å²) in [5.41, 5.74) is 0.748. The summed E-state index contributed by atoms with van der Waals surface area (Å²) in [7, 11) is 0. The van der Waals surface area contributed by atoms with Crippen molar-refractivity contribution < 1.29 is 9.59 Å². The van der Waals surface area contributed by atoms with E-state index in [2.05, 4.69) is 12.2 Å². The lowest BCUT2D eigenvalue weighted by atomic mass is 10.1. The van der Waals surface area contributed by atoms with E-state index >= 15 is 0 Å². The Morgan fingerprint density at radius 1 is 1.06 bits per heavy atom. The summed E-state index contributed by atoms with van der Waals surface area (Å²) in [4.78, 5) is 28.4. The van der Waals surface area contributed by atoms with Crippen LogP contribution in [-0.4, -0.2) is 35.1 Å². The number of hydrogen-bond donors (Lipinski definition) is 1. The average molecular weight is 502 g/mol. The Morgan fingerprint density at radius 3 is 2.39 bits per heavy atom. The van der Waals surface area contributed by atoms with E-state index in [1.807, 2.05) is 24.3 Å². The molecule has 0 radical (unpaired) electrons. The molecule has 0 aliphatic carbocycles. The molecule has 2 rings (SSSR count). The van der Waals surface area contributed by atoms with Gasteiger partial charge in [0.2, 0.25) is 11.8 Å². The van der Waals surface area contributed by atoms with Gasteiger partial charge in [0, 0.05) is 45.2 Å². The van der Waals surface area contributed by atoms with E-state index in [1.54, 1.807) is 41.8 Å². The van der Waals surface area contributed by atoms with Crippen LogP contribution in [-0.2, 0) is 16.1 Å². The Labute approximate surface area is 203 Å². The fourth-order valence-electron chi connectivity index (χ4n) is 2.88. The third-order valence-electron chi connectivity index (χ3n) is 4.75. The molecule has 1 N–H and O–H groups in total. The number of nitrogens with one attached hydrogen (secondary N) is 1. The van der Waals surface area contributed by atoms with Crippen LogP contribution in [0.5, 0.6) is 0 Å². The molecule has 4 nitrogen and oxygen atoms in total. The van der Waals surface area contributed by atoms with E-state index in [4.69, 9.17) is 34.8 Å². The van der Waals surface area contributed by atoms with E-state index in [9.17, 15) is 9.59 Å². The van der Waals surface area contributed by atoms with Gasteiger partial charge >= 0.3 is 0 Å². The van der Waals surface area contributed by atoms with Crippen molar-refractivity contribution in [1.29, 1.82) is 0 Å². The molecule has 2 aromatic carbocycles. The van der Waals surface area contributed by atoms with Crippen molar-refractivity contribution in [2.24, 2.45) is 0 Å². The van der Waals surface area contributed by atoms with Crippen molar-refractivity contribution in [3.05, 3.63) is 63.1 Å². The quantitative estimate of drug-likeness (QED) is 0.284. The first-order valence-corrected chi connectivity index (χ1v) is 12.3. The Balaban J connectivity index is 2.08. The van der Waals surface area contributed by atoms with E-state index < -0.39 is 6.04 Å². The van der Waals surface area contributed by atoms with E-state index in [1.165, 1.54) is 0 Å². The third-order valence-corrected chi connectivity index (χ3v) is 6.60. The van der Waals surface area contributed by atoms with Crippen molar-refractivity contribution in [1.82, 2.24) is 10.2 Å². The normalized spacial score (nSPS) is 11.8. The zero-order valence-electron chi connectivity index (χ0n) is 17.7. The number of amides is 2. The summed E-state index contributed by atoms with van der Waals surface area (Å²) < 4.78 is 0. The van der Waals surface area contributed by atoms with Gasteiger partial charge in [-0.2, -0.15) is 0 Å². The Hall–Kier alpha value is -1.40. The monoisotopic (exact) mass is 500 g/mol. The average Bonchev–Trinajstić information content (AvgIpc) is 2.74. The fraction of sp³-hybridized carbons (Fsp3) is 0.391. The summed E-state index contributed by atoms with van der Waals surface area (Å²) in [6.45, 7) is 4.64. The molecule has 0 aliphatic rings. The Kier molecular flexibility index (Phi) is 11.0. The first-order valence-electron chi connectivity index (χ1n) is 10.2. The van der Waals surface area contributed by atoms with Crippen LogP contribution in [0.25, 0.3) is 0 Å².